The second-order valence-corrected chi connectivity index (χ2v) is 6.01. The van der Waals surface area contributed by atoms with E-state index in [9.17, 15) is 9.59 Å². The molecule has 0 heterocycles. The van der Waals surface area contributed by atoms with Crippen LogP contribution in [-0.2, 0) is 20.7 Å². The Morgan fingerprint density at radius 1 is 1.20 bits per heavy atom. The predicted octanol–water partition coefficient (Wildman–Crippen LogP) is 4.08. The average molecular weight is 317 g/mol. The molecule has 0 spiro atoms. The standard InChI is InChI=1S/C15H18Cl2O3/c1-4-20-14(19)15(2,3)9-10(18)8-11-12(16)6-5-7-13(11)17/h5-7H,4,8-9H2,1-3H3. The first-order valence-electron chi connectivity index (χ1n) is 6.39. The predicted molar refractivity (Wildman–Crippen MR) is 80.2 cm³/mol. The molecule has 20 heavy (non-hydrogen) atoms. The topological polar surface area (TPSA) is 43.4 Å². The number of carbonyl (C=O) groups is 2. The minimum Gasteiger partial charge on any atom is -0.466 e. The highest BCUT2D eigenvalue weighted by atomic mass is 35.5. The van der Waals surface area contributed by atoms with Crippen LogP contribution in [0.15, 0.2) is 18.2 Å². The lowest BCUT2D eigenvalue weighted by molar-refractivity contribution is -0.155. The summed E-state index contributed by atoms with van der Waals surface area (Å²) in [5.41, 5.74) is -0.249. The molecule has 0 unspecified atom stereocenters. The number of rotatable bonds is 6. The smallest absolute Gasteiger partial charge is 0.311 e. The van der Waals surface area contributed by atoms with Crippen molar-refractivity contribution >= 4 is 35.0 Å². The van der Waals surface area contributed by atoms with Gasteiger partial charge in [-0.15, -0.1) is 0 Å². The molecule has 0 radical (unpaired) electrons. The van der Waals surface area contributed by atoms with Crippen molar-refractivity contribution in [1.29, 1.82) is 0 Å². The molecule has 0 fully saturated rings. The van der Waals surface area contributed by atoms with E-state index >= 15 is 0 Å². The van der Waals surface area contributed by atoms with Crippen LogP contribution in [0, 0.1) is 5.41 Å². The minimum atomic E-state index is -0.846. The average Bonchev–Trinajstić information content (AvgIpc) is 2.33. The SMILES string of the molecule is CCOC(=O)C(C)(C)CC(=O)Cc1c(Cl)cccc1Cl. The van der Waals surface area contributed by atoms with Crippen LogP contribution in [0.25, 0.3) is 0 Å². The van der Waals surface area contributed by atoms with Gasteiger partial charge in [0.2, 0.25) is 0 Å². The second kappa shape index (κ2) is 7.09. The molecule has 3 nitrogen and oxygen atoms in total. The van der Waals surface area contributed by atoms with Crippen molar-refractivity contribution < 1.29 is 14.3 Å². The molecular formula is C15H18Cl2O3. The van der Waals surface area contributed by atoms with Gasteiger partial charge in [-0.2, -0.15) is 0 Å². The number of hydrogen-bond acceptors (Lipinski definition) is 3. The molecule has 110 valence electrons. The molecule has 0 aliphatic rings. The second-order valence-electron chi connectivity index (χ2n) is 5.20. The van der Waals surface area contributed by atoms with Gasteiger partial charge in [0.05, 0.1) is 12.0 Å². The summed E-state index contributed by atoms with van der Waals surface area (Å²) in [5, 5.41) is 0.916. The first-order valence-corrected chi connectivity index (χ1v) is 7.15. The Morgan fingerprint density at radius 3 is 2.25 bits per heavy atom. The number of Topliss-reactive ketones (excluding diaryl/α,β-unsaturated/α-hetero) is 1. The summed E-state index contributed by atoms with van der Waals surface area (Å²) in [6.07, 6.45) is 0.203. The molecule has 0 aliphatic heterocycles. The third kappa shape index (κ3) is 4.50. The first kappa shape index (κ1) is 17.0. The maximum Gasteiger partial charge on any atom is 0.311 e. The monoisotopic (exact) mass is 316 g/mol. The first-order chi connectivity index (χ1) is 9.27. The lowest BCUT2D eigenvalue weighted by Gasteiger charge is -2.21. The highest BCUT2D eigenvalue weighted by Crippen LogP contribution is 2.28. The zero-order valence-electron chi connectivity index (χ0n) is 11.8. The highest BCUT2D eigenvalue weighted by Gasteiger charge is 2.32. The Balaban J connectivity index is 2.75. The Bertz CT molecular complexity index is 490. The Labute approximate surface area is 129 Å². The van der Waals surface area contributed by atoms with E-state index < -0.39 is 5.41 Å². The van der Waals surface area contributed by atoms with Gasteiger partial charge in [-0.25, -0.2) is 0 Å². The Morgan fingerprint density at radius 2 is 1.75 bits per heavy atom. The van der Waals surface area contributed by atoms with Crippen LogP contribution < -0.4 is 0 Å². The molecule has 0 saturated carbocycles. The van der Waals surface area contributed by atoms with Crippen LogP contribution in [0.5, 0.6) is 0 Å². The summed E-state index contributed by atoms with van der Waals surface area (Å²) in [5.74, 6) is -0.475. The van der Waals surface area contributed by atoms with Crippen LogP contribution in [0.4, 0.5) is 0 Å². The van der Waals surface area contributed by atoms with Crippen LogP contribution in [0.1, 0.15) is 32.8 Å². The van der Waals surface area contributed by atoms with Gasteiger partial charge in [-0.3, -0.25) is 9.59 Å². The molecule has 1 aromatic rings. The summed E-state index contributed by atoms with van der Waals surface area (Å²) in [4.78, 5) is 23.9. The zero-order chi connectivity index (χ0) is 15.3. The van der Waals surface area contributed by atoms with Gasteiger partial charge in [-0.05, 0) is 38.5 Å². The van der Waals surface area contributed by atoms with E-state index in [2.05, 4.69) is 0 Å². The van der Waals surface area contributed by atoms with Gasteiger partial charge < -0.3 is 4.74 Å². The summed E-state index contributed by atoms with van der Waals surface area (Å²) >= 11 is 12.1. The summed E-state index contributed by atoms with van der Waals surface area (Å²) in [7, 11) is 0. The Kier molecular flexibility index (Phi) is 6.03. The number of carbonyl (C=O) groups excluding carboxylic acids is 2. The lowest BCUT2D eigenvalue weighted by Crippen LogP contribution is -2.30. The number of benzene rings is 1. The zero-order valence-corrected chi connectivity index (χ0v) is 13.3. The van der Waals surface area contributed by atoms with E-state index in [-0.39, 0.29) is 24.6 Å². The number of ketones is 1. The van der Waals surface area contributed by atoms with Crippen LogP contribution in [-0.4, -0.2) is 18.4 Å². The van der Waals surface area contributed by atoms with Crippen molar-refractivity contribution in [3.63, 3.8) is 0 Å². The van der Waals surface area contributed by atoms with Crippen molar-refractivity contribution in [1.82, 2.24) is 0 Å². The van der Waals surface area contributed by atoms with Crippen molar-refractivity contribution in [2.45, 2.75) is 33.6 Å². The molecule has 0 saturated heterocycles. The van der Waals surface area contributed by atoms with E-state index in [4.69, 9.17) is 27.9 Å². The van der Waals surface area contributed by atoms with Crippen LogP contribution in [0.2, 0.25) is 10.0 Å². The van der Waals surface area contributed by atoms with Crippen molar-refractivity contribution in [3.8, 4) is 0 Å². The lowest BCUT2D eigenvalue weighted by atomic mass is 9.86. The quantitative estimate of drug-likeness (QED) is 0.742. The molecule has 1 rings (SSSR count). The van der Waals surface area contributed by atoms with E-state index in [0.29, 0.717) is 22.2 Å². The molecule has 0 aliphatic carbocycles. The molecule has 0 atom stereocenters. The van der Waals surface area contributed by atoms with E-state index in [1.165, 1.54) is 0 Å². The number of ether oxygens (including phenoxy) is 1. The molecule has 0 N–H and O–H groups in total. The number of esters is 1. The molecule has 0 bridgehead atoms. The van der Waals surface area contributed by atoms with E-state index in [0.717, 1.165) is 0 Å². The summed E-state index contributed by atoms with van der Waals surface area (Å²) in [6, 6.07) is 5.10. The minimum absolute atomic E-state index is 0.0907. The van der Waals surface area contributed by atoms with Crippen molar-refractivity contribution in [3.05, 3.63) is 33.8 Å². The molecule has 5 heteroatoms. The molecule has 0 aromatic heterocycles. The molecule has 0 amide bonds. The third-order valence-electron chi connectivity index (χ3n) is 2.90. The summed E-state index contributed by atoms with van der Waals surface area (Å²) in [6.45, 7) is 5.42. The molecule has 1 aromatic carbocycles. The van der Waals surface area contributed by atoms with Crippen molar-refractivity contribution in [2.75, 3.05) is 6.61 Å². The van der Waals surface area contributed by atoms with Crippen LogP contribution >= 0.6 is 23.2 Å². The van der Waals surface area contributed by atoms with E-state index in [1.807, 2.05) is 0 Å². The molecular weight excluding hydrogens is 299 g/mol. The van der Waals surface area contributed by atoms with E-state index in [1.54, 1.807) is 39.0 Å². The highest BCUT2D eigenvalue weighted by molar-refractivity contribution is 6.36. The van der Waals surface area contributed by atoms with Gasteiger partial charge in [-0.1, -0.05) is 29.3 Å². The summed E-state index contributed by atoms with van der Waals surface area (Å²) < 4.78 is 4.96. The number of hydrogen-bond donors (Lipinski definition) is 0. The fourth-order valence-corrected chi connectivity index (χ4v) is 2.38. The fourth-order valence-electron chi connectivity index (χ4n) is 1.85. The maximum atomic E-state index is 12.1. The third-order valence-corrected chi connectivity index (χ3v) is 3.61. The van der Waals surface area contributed by atoms with Gasteiger partial charge >= 0.3 is 5.97 Å². The van der Waals surface area contributed by atoms with Gasteiger partial charge in [0.1, 0.15) is 5.78 Å². The largest absolute Gasteiger partial charge is 0.466 e. The maximum absolute atomic E-state index is 12.1. The van der Waals surface area contributed by atoms with Gasteiger partial charge in [0.15, 0.2) is 0 Å². The van der Waals surface area contributed by atoms with Gasteiger partial charge in [0, 0.05) is 22.9 Å². The van der Waals surface area contributed by atoms with Gasteiger partial charge in [0.25, 0.3) is 0 Å². The fraction of sp³-hybridized carbons (Fsp3) is 0.467. The Hall–Kier alpha value is -1.06. The number of halogens is 2. The van der Waals surface area contributed by atoms with Crippen LogP contribution in [0.3, 0.4) is 0 Å². The van der Waals surface area contributed by atoms with Crippen molar-refractivity contribution in [2.24, 2.45) is 5.41 Å². The normalized spacial score (nSPS) is 11.2.